The second kappa shape index (κ2) is 7.64. The van der Waals surface area contributed by atoms with E-state index in [2.05, 4.69) is 4.98 Å². The minimum atomic E-state index is -0.843. The number of nitrogens with zero attached hydrogens (tertiary/aromatic N) is 2. The second-order valence-electron chi connectivity index (χ2n) is 6.81. The van der Waals surface area contributed by atoms with Gasteiger partial charge in [0.25, 0.3) is 5.91 Å². The SMILES string of the molecule is Cc1cc(C(=O)O[C@@H](C)C(=O)N(C(C)C)C(C)C)c2ccccc2n1. The number of hydrogen-bond donors (Lipinski definition) is 0. The zero-order valence-corrected chi connectivity index (χ0v) is 15.7. The van der Waals surface area contributed by atoms with Gasteiger partial charge in [0.1, 0.15) is 0 Å². The van der Waals surface area contributed by atoms with Crippen molar-refractivity contribution in [3.05, 3.63) is 41.6 Å². The van der Waals surface area contributed by atoms with Crippen molar-refractivity contribution in [1.29, 1.82) is 0 Å². The molecular weight excluding hydrogens is 316 g/mol. The van der Waals surface area contributed by atoms with Crippen molar-refractivity contribution in [2.24, 2.45) is 0 Å². The molecule has 2 aromatic rings. The molecule has 0 aliphatic heterocycles. The van der Waals surface area contributed by atoms with Crippen LogP contribution >= 0.6 is 0 Å². The van der Waals surface area contributed by atoms with E-state index in [1.807, 2.05) is 58.9 Å². The smallest absolute Gasteiger partial charge is 0.339 e. The van der Waals surface area contributed by atoms with Crippen molar-refractivity contribution >= 4 is 22.8 Å². The highest BCUT2D eigenvalue weighted by atomic mass is 16.5. The number of aryl methyl sites for hydroxylation is 1. The summed E-state index contributed by atoms with van der Waals surface area (Å²) in [6.45, 7) is 11.3. The van der Waals surface area contributed by atoms with Gasteiger partial charge in [0.05, 0.1) is 11.1 Å². The molecule has 5 nitrogen and oxygen atoms in total. The molecule has 1 heterocycles. The van der Waals surface area contributed by atoms with Crippen LogP contribution in [0.15, 0.2) is 30.3 Å². The fourth-order valence-corrected chi connectivity index (χ4v) is 3.07. The Kier molecular flexibility index (Phi) is 5.77. The first-order valence-electron chi connectivity index (χ1n) is 8.62. The van der Waals surface area contributed by atoms with E-state index in [1.165, 1.54) is 0 Å². The van der Waals surface area contributed by atoms with Gasteiger partial charge in [-0.05, 0) is 53.7 Å². The van der Waals surface area contributed by atoms with Crippen molar-refractivity contribution in [2.75, 3.05) is 0 Å². The first kappa shape index (κ1) is 18.9. The van der Waals surface area contributed by atoms with Crippen LogP contribution < -0.4 is 0 Å². The van der Waals surface area contributed by atoms with Crippen LogP contribution in [0, 0.1) is 6.92 Å². The van der Waals surface area contributed by atoms with Gasteiger partial charge in [0.15, 0.2) is 6.10 Å². The summed E-state index contributed by atoms with van der Waals surface area (Å²) < 4.78 is 5.48. The Morgan fingerprint density at radius 3 is 2.24 bits per heavy atom. The van der Waals surface area contributed by atoms with Crippen LogP contribution in [0.4, 0.5) is 0 Å². The molecule has 5 heteroatoms. The number of amides is 1. The summed E-state index contributed by atoms with van der Waals surface area (Å²) >= 11 is 0. The molecule has 0 saturated carbocycles. The number of carbonyl (C=O) groups excluding carboxylic acids is 2. The van der Waals surface area contributed by atoms with E-state index in [4.69, 9.17) is 4.74 Å². The topological polar surface area (TPSA) is 59.5 Å². The molecule has 0 spiro atoms. The molecule has 0 aliphatic carbocycles. The number of rotatable bonds is 5. The fourth-order valence-electron chi connectivity index (χ4n) is 3.07. The average molecular weight is 342 g/mol. The number of carbonyl (C=O) groups is 2. The largest absolute Gasteiger partial charge is 0.449 e. The highest BCUT2D eigenvalue weighted by molar-refractivity contribution is 6.04. The standard InChI is InChI=1S/C20H26N2O3/c1-12(2)22(13(3)4)19(23)15(6)25-20(24)17-11-14(5)21-18-10-8-7-9-16(17)18/h7-13,15H,1-6H3/t15-/m0/s1. The number of benzene rings is 1. The molecule has 0 N–H and O–H groups in total. The Labute approximate surface area is 149 Å². The molecule has 0 fully saturated rings. The third-order valence-corrected chi connectivity index (χ3v) is 4.06. The van der Waals surface area contributed by atoms with Crippen molar-refractivity contribution in [1.82, 2.24) is 9.88 Å². The maximum absolute atomic E-state index is 12.7. The molecule has 0 unspecified atom stereocenters. The number of esters is 1. The first-order valence-corrected chi connectivity index (χ1v) is 8.62. The summed E-state index contributed by atoms with van der Waals surface area (Å²) in [6.07, 6.45) is -0.843. The van der Waals surface area contributed by atoms with Gasteiger partial charge < -0.3 is 9.64 Å². The van der Waals surface area contributed by atoms with E-state index in [0.717, 1.165) is 16.6 Å². The first-order chi connectivity index (χ1) is 11.7. The van der Waals surface area contributed by atoms with Crippen LogP contribution in [0.5, 0.6) is 0 Å². The zero-order chi connectivity index (χ0) is 18.7. The predicted molar refractivity (Wildman–Crippen MR) is 98.5 cm³/mol. The molecule has 1 amide bonds. The third-order valence-electron chi connectivity index (χ3n) is 4.06. The number of ether oxygens (including phenoxy) is 1. The zero-order valence-electron chi connectivity index (χ0n) is 15.7. The van der Waals surface area contributed by atoms with E-state index in [0.29, 0.717) is 5.56 Å². The molecule has 0 aliphatic rings. The van der Waals surface area contributed by atoms with Crippen LogP contribution in [0.25, 0.3) is 10.9 Å². The number of aromatic nitrogens is 1. The number of hydrogen-bond acceptors (Lipinski definition) is 4. The minimum absolute atomic E-state index is 0.0395. The van der Waals surface area contributed by atoms with Crippen LogP contribution in [0.1, 0.15) is 50.7 Å². The van der Waals surface area contributed by atoms with Crippen molar-refractivity contribution < 1.29 is 14.3 Å². The quantitative estimate of drug-likeness (QED) is 0.777. The molecule has 25 heavy (non-hydrogen) atoms. The summed E-state index contributed by atoms with van der Waals surface area (Å²) in [6, 6.07) is 9.19. The molecule has 0 radical (unpaired) electrons. The molecular formula is C20H26N2O3. The van der Waals surface area contributed by atoms with Crippen LogP contribution in [0.2, 0.25) is 0 Å². The summed E-state index contributed by atoms with van der Waals surface area (Å²) in [5.74, 6) is -0.691. The maximum atomic E-state index is 12.7. The van der Waals surface area contributed by atoms with Crippen LogP contribution in [0.3, 0.4) is 0 Å². The number of para-hydroxylation sites is 1. The summed E-state index contributed by atoms with van der Waals surface area (Å²) in [7, 11) is 0. The van der Waals surface area contributed by atoms with Gasteiger partial charge in [-0.15, -0.1) is 0 Å². The van der Waals surface area contributed by atoms with E-state index in [9.17, 15) is 9.59 Å². The summed E-state index contributed by atoms with van der Waals surface area (Å²) in [4.78, 5) is 31.5. The lowest BCUT2D eigenvalue weighted by Gasteiger charge is -2.32. The molecule has 0 saturated heterocycles. The third kappa shape index (κ3) is 4.16. The van der Waals surface area contributed by atoms with Gasteiger partial charge in [-0.2, -0.15) is 0 Å². The lowest BCUT2D eigenvalue weighted by molar-refractivity contribution is -0.143. The lowest BCUT2D eigenvalue weighted by Crippen LogP contribution is -2.47. The van der Waals surface area contributed by atoms with Gasteiger partial charge in [0, 0.05) is 23.2 Å². The lowest BCUT2D eigenvalue weighted by atomic mass is 10.1. The Balaban J connectivity index is 2.26. The van der Waals surface area contributed by atoms with Gasteiger partial charge in [-0.25, -0.2) is 4.79 Å². The molecule has 1 atom stereocenters. The molecule has 0 bridgehead atoms. The Bertz CT molecular complexity index is 776. The van der Waals surface area contributed by atoms with Gasteiger partial charge in [-0.3, -0.25) is 9.78 Å². The van der Waals surface area contributed by atoms with Crippen LogP contribution in [-0.2, 0) is 9.53 Å². The van der Waals surface area contributed by atoms with E-state index in [1.54, 1.807) is 17.9 Å². The van der Waals surface area contributed by atoms with Gasteiger partial charge in [0.2, 0.25) is 0 Å². The van der Waals surface area contributed by atoms with E-state index >= 15 is 0 Å². The van der Waals surface area contributed by atoms with Gasteiger partial charge >= 0.3 is 5.97 Å². The average Bonchev–Trinajstić information content (AvgIpc) is 2.53. The van der Waals surface area contributed by atoms with Crippen LogP contribution in [-0.4, -0.2) is 39.9 Å². The highest BCUT2D eigenvalue weighted by Gasteiger charge is 2.28. The Hall–Kier alpha value is -2.43. The van der Waals surface area contributed by atoms with Gasteiger partial charge in [-0.1, -0.05) is 18.2 Å². The normalized spacial score (nSPS) is 12.5. The molecule has 1 aromatic heterocycles. The number of fused-ring (bicyclic) bond motifs is 1. The Morgan fingerprint density at radius 1 is 1.04 bits per heavy atom. The number of pyridine rings is 1. The fraction of sp³-hybridized carbons (Fsp3) is 0.450. The van der Waals surface area contributed by atoms with E-state index in [-0.39, 0.29) is 18.0 Å². The molecule has 2 rings (SSSR count). The van der Waals surface area contributed by atoms with Crippen molar-refractivity contribution in [3.63, 3.8) is 0 Å². The van der Waals surface area contributed by atoms with Crippen molar-refractivity contribution in [3.8, 4) is 0 Å². The van der Waals surface area contributed by atoms with Crippen molar-refractivity contribution in [2.45, 2.75) is 59.7 Å². The van der Waals surface area contributed by atoms with E-state index < -0.39 is 12.1 Å². The molecule has 134 valence electrons. The highest BCUT2D eigenvalue weighted by Crippen LogP contribution is 2.20. The second-order valence-corrected chi connectivity index (χ2v) is 6.81. The Morgan fingerprint density at radius 2 is 1.64 bits per heavy atom. The monoisotopic (exact) mass is 342 g/mol. The molecule has 1 aromatic carbocycles. The predicted octanol–water partition coefficient (Wildman–Crippen LogP) is 3.73. The minimum Gasteiger partial charge on any atom is -0.449 e. The summed E-state index contributed by atoms with van der Waals surface area (Å²) in [5.41, 5.74) is 1.90. The summed E-state index contributed by atoms with van der Waals surface area (Å²) in [5, 5.41) is 0.724. The maximum Gasteiger partial charge on any atom is 0.339 e.